The van der Waals surface area contributed by atoms with Crippen LogP contribution in [0.15, 0.2) is 54.7 Å². The summed E-state index contributed by atoms with van der Waals surface area (Å²) in [5.41, 5.74) is 6.27. The van der Waals surface area contributed by atoms with E-state index in [0.29, 0.717) is 16.3 Å². The van der Waals surface area contributed by atoms with E-state index in [9.17, 15) is 18.0 Å². The van der Waals surface area contributed by atoms with Crippen LogP contribution in [-0.2, 0) is 12.7 Å². The molecule has 0 radical (unpaired) electrons. The SMILES string of the molecule is Nc1c(C(=O)NCc2cccc(C(F)(F)F)c2)cnn1-c1ccc(Cl)cc1. The van der Waals surface area contributed by atoms with Gasteiger partial charge in [-0.1, -0.05) is 23.7 Å². The summed E-state index contributed by atoms with van der Waals surface area (Å²) in [6, 6.07) is 11.4. The standard InChI is InChI=1S/C18H14ClF3N4O/c19-13-4-6-14(7-5-13)26-16(23)15(10-25-26)17(27)24-9-11-2-1-3-12(8-11)18(20,21)22/h1-8,10H,9,23H2,(H,24,27). The maximum absolute atomic E-state index is 12.8. The van der Waals surface area contributed by atoms with Crippen LogP contribution in [0.5, 0.6) is 0 Å². The first-order valence-electron chi connectivity index (χ1n) is 7.79. The van der Waals surface area contributed by atoms with Crippen LogP contribution in [0, 0.1) is 0 Å². The van der Waals surface area contributed by atoms with E-state index in [1.165, 1.54) is 23.0 Å². The van der Waals surface area contributed by atoms with Crippen LogP contribution in [0.25, 0.3) is 5.69 Å². The van der Waals surface area contributed by atoms with Crippen molar-refractivity contribution in [3.05, 3.63) is 76.4 Å². The summed E-state index contributed by atoms with van der Waals surface area (Å²) in [5, 5.41) is 7.17. The fourth-order valence-corrected chi connectivity index (χ4v) is 2.58. The zero-order valence-corrected chi connectivity index (χ0v) is 14.6. The second-order valence-electron chi connectivity index (χ2n) is 5.71. The molecule has 0 saturated heterocycles. The van der Waals surface area contributed by atoms with Gasteiger partial charge >= 0.3 is 6.18 Å². The number of nitrogen functional groups attached to an aromatic ring is 1. The van der Waals surface area contributed by atoms with Crippen molar-refractivity contribution in [3.63, 3.8) is 0 Å². The van der Waals surface area contributed by atoms with E-state index in [2.05, 4.69) is 10.4 Å². The van der Waals surface area contributed by atoms with Gasteiger partial charge in [-0.3, -0.25) is 4.79 Å². The molecule has 0 aliphatic heterocycles. The van der Waals surface area contributed by atoms with Gasteiger partial charge in [-0.25, -0.2) is 4.68 Å². The molecule has 9 heteroatoms. The molecule has 3 rings (SSSR count). The number of nitrogens with one attached hydrogen (secondary N) is 1. The van der Waals surface area contributed by atoms with Gasteiger partial charge in [0.2, 0.25) is 0 Å². The quantitative estimate of drug-likeness (QED) is 0.701. The molecule has 3 N–H and O–H groups in total. The first-order chi connectivity index (χ1) is 12.8. The maximum atomic E-state index is 12.8. The van der Waals surface area contributed by atoms with Crippen LogP contribution >= 0.6 is 11.6 Å². The smallest absolute Gasteiger partial charge is 0.383 e. The lowest BCUT2D eigenvalue weighted by Crippen LogP contribution is -2.23. The van der Waals surface area contributed by atoms with Gasteiger partial charge in [0.15, 0.2) is 0 Å². The van der Waals surface area contributed by atoms with Crippen LogP contribution in [0.1, 0.15) is 21.5 Å². The molecule has 0 spiro atoms. The number of amides is 1. The third kappa shape index (κ3) is 4.22. The molecule has 0 bridgehead atoms. The predicted molar refractivity (Wildman–Crippen MR) is 95.6 cm³/mol. The van der Waals surface area contributed by atoms with E-state index in [0.717, 1.165) is 12.1 Å². The van der Waals surface area contributed by atoms with Gasteiger partial charge in [0.05, 0.1) is 17.4 Å². The molecule has 0 aliphatic carbocycles. The van der Waals surface area contributed by atoms with Gasteiger partial charge in [-0.15, -0.1) is 0 Å². The summed E-state index contributed by atoms with van der Waals surface area (Å²) >= 11 is 5.84. The molecule has 5 nitrogen and oxygen atoms in total. The topological polar surface area (TPSA) is 72.9 Å². The minimum Gasteiger partial charge on any atom is -0.383 e. The fraction of sp³-hybridized carbons (Fsp3) is 0.111. The van der Waals surface area contributed by atoms with Crippen molar-refractivity contribution >= 4 is 23.3 Å². The van der Waals surface area contributed by atoms with Crippen molar-refractivity contribution in [2.24, 2.45) is 0 Å². The highest BCUT2D eigenvalue weighted by atomic mass is 35.5. The summed E-state index contributed by atoms with van der Waals surface area (Å²) in [4.78, 5) is 12.3. The van der Waals surface area contributed by atoms with E-state index in [1.54, 1.807) is 24.3 Å². The van der Waals surface area contributed by atoms with Crippen LogP contribution in [0.2, 0.25) is 5.02 Å². The number of benzene rings is 2. The highest BCUT2D eigenvalue weighted by Crippen LogP contribution is 2.29. The molecular formula is C18H14ClF3N4O. The highest BCUT2D eigenvalue weighted by molar-refractivity contribution is 6.30. The Morgan fingerprint density at radius 2 is 1.89 bits per heavy atom. The second-order valence-corrected chi connectivity index (χ2v) is 6.15. The number of rotatable bonds is 4. The number of nitrogens with zero attached hydrogens (tertiary/aromatic N) is 2. The second kappa shape index (κ2) is 7.32. The number of alkyl halides is 3. The van der Waals surface area contributed by atoms with E-state index in [4.69, 9.17) is 17.3 Å². The molecule has 2 aromatic carbocycles. The van der Waals surface area contributed by atoms with Crippen LogP contribution in [0.3, 0.4) is 0 Å². The monoisotopic (exact) mass is 394 g/mol. The van der Waals surface area contributed by atoms with Gasteiger partial charge in [0.25, 0.3) is 5.91 Å². The fourth-order valence-electron chi connectivity index (χ4n) is 2.46. The van der Waals surface area contributed by atoms with E-state index < -0.39 is 17.6 Å². The normalized spacial score (nSPS) is 11.4. The number of carbonyl (C=O) groups excluding carboxylic acids is 1. The molecule has 0 saturated carbocycles. The number of halogens is 4. The highest BCUT2D eigenvalue weighted by Gasteiger charge is 2.30. The Hall–Kier alpha value is -3.00. The molecule has 0 unspecified atom stereocenters. The van der Waals surface area contributed by atoms with Gasteiger partial charge in [-0.2, -0.15) is 18.3 Å². The Labute approximate surface area is 157 Å². The number of hydrogen-bond acceptors (Lipinski definition) is 3. The van der Waals surface area contributed by atoms with Crippen LogP contribution in [0.4, 0.5) is 19.0 Å². The number of carbonyl (C=O) groups is 1. The Kier molecular flexibility index (Phi) is 5.09. The molecule has 140 valence electrons. The van der Waals surface area contributed by atoms with E-state index >= 15 is 0 Å². The van der Waals surface area contributed by atoms with Gasteiger partial charge in [0, 0.05) is 11.6 Å². The lowest BCUT2D eigenvalue weighted by molar-refractivity contribution is -0.137. The predicted octanol–water partition coefficient (Wildman–Crippen LogP) is 4.06. The van der Waals surface area contributed by atoms with Gasteiger partial charge in [-0.05, 0) is 42.0 Å². The van der Waals surface area contributed by atoms with Crippen molar-refractivity contribution < 1.29 is 18.0 Å². The van der Waals surface area contributed by atoms with Crippen molar-refractivity contribution in [3.8, 4) is 5.69 Å². The first kappa shape index (κ1) is 18.8. The summed E-state index contributed by atoms with van der Waals surface area (Å²) in [7, 11) is 0. The molecule has 27 heavy (non-hydrogen) atoms. The summed E-state index contributed by atoms with van der Waals surface area (Å²) in [5.74, 6) is -0.427. The number of hydrogen-bond donors (Lipinski definition) is 2. The Bertz CT molecular complexity index is 967. The lowest BCUT2D eigenvalue weighted by Gasteiger charge is -2.10. The Morgan fingerprint density at radius 1 is 1.19 bits per heavy atom. The zero-order valence-electron chi connectivity index (χ0n) is 13.8. The average Bonchev–Trinajstić information content (AvgIpc) is 3.01. The van der Waals surface area contributed by atoms with Gasteiger partial charge < -0.3 is 11.1 Å². The minimum absolute atomic E-state index is 0.0751. The zero-order chi connectivity index (χ0) is 19.6. The molecular weight excluding hydrogens is 381 g/mol. The van der Waals surface area contributed by atoms with Crippen molar-refractivity contribution in [2.75, 3.05) is 5.73 Å². The molecule has 0 fully saturated rings. The van der Waals surface area contributed by atoms with Crippen LogP contribution in [-0.4, -0.2) is 15.7 Å². The molecule has 1 amide bonds. The molecule has 3 aromatic rings. The largest absolute Gasteiger partial charge is 0.416 e. The maximum Gasteiger partial charge on any atom is 0.416 e. The summed E-state index contributed by atoms with van der Waals surface area (Å²) in [6.07, 6.45) is -3.14. The number of nitrogens with two attached hydrogens (primary N) is 1. The van der Waals surface area contributed by atoms with Crippen molar-refractivity contribution in [2.45, 2.75) is 12.7 Å². The Balaban J connectivity index is 1.73. The van der Waals surface area contributed by atoms with Crippen molar-refractivity contribution in [1.82, 2.24) is 15.1 Å². The van der Waals surface area contributed by atoms with E-state index in [1.807, 2.05) is 0 Å². The molecule has 0 aliphatic rings. The summed E-state index contributed by atoms with van der Waals surface area (Å²) in [6.45, 7) is -0.0751. The number of anilines is 1. The van der Waals surface area contributed by atoms with Crippen LogP contribution < -0.4 is 11.1 Å². The third-order valence-corrected chi connectivity index (χ3v) is 4.08. The molecule has 0 atom stereocenters. The third-order valence-electron chi connectivity index (χ3n) is 3.83. The van der Waals surface area contributed by atoms with Gasteiger partial charge in [0.1, 0.15) is 11.4 Å². The molecule has 1 aromatic heterocycles. The van der Waals surface area contributed by atoms with E-state index in [-0.39, 0.29) is 17.9 Å². The lowest BCUT2D eigenvalue weighted by atomic mass is 10.1. The Morgan fingerprint density at radius 3 is 2.56 bits per heavy atom. The summed E-state index contributed by atoms with van der Waals surface area (Å²) < 4.78 is 39.6. The van der Waals surface area contributed by atoms with Crippen molar-refractivity contribution in [1.29, 1.82) is 0 Å². The first-order valence-corrected chi connectivity index (χ1v) is 8.17. The average molecular weight is 395 g/mol. The molecule has 1 heterocycles. The number of aromatic nitrogens is 2. The minimum atomic E-state index is -4.44.